The molecule has 3 heterocycles. The number of amides is 2. The van der Waals surface area contributed by atoms with Crippen LogP contribution in [0.25, 0.3) is 11.4 Å². The van der Waals surface area contributed by atoms with Gasteiger partial charge < -0.3 is 15.0 Å². The van der Waals surface area contributed by atoms with E-state index in [1.165, 1.54) is 26.3 Å². The van der Waals surface area contributed by atoms with E-state index in [0.717, 1.165) is 18.8 Å². The third kappa shape index (κ3) is 5.03. The molecule has 31 heavy (non-hydrogen) atoms. The average molecular weight is 427 g/mol. The maximum atomic E-state index is 12.9. The Hall–Kier alpha value is -2.97. The predicted molar refractivity (Wildman–Crippen MR) is 114 cm³/mol. The molecular weight excluding hydrogens is 396 g/mol. The minimum absolute atomic E-state index is 0.0192. The van der Waals surface area contributed by atoms with Gasteiger partial charge in [0.25, 0.3) is 5.91 Å². The molecule has 0 unspecified atom stereocenters. The zero-order valence-corrected chi connectivity index (χ0v) is 18.1. The number of hydrogen-bond donors (Lipinski definition) is 2. The Labute approximate surface area is 182 Å². The van der Waals surface area contributed by atoms with Crippen LogP contribution in [0, 0.1) is 11.8 Å². The van der Waals surface area contributed by atoms with Crippen LogP contribution in [0.5, 0.6) is 5.88 Å². The summed E-state index contributed by atoms with van der Waals surface area (Å²) < 4.78 is 5.11. The fourth-order valence-electron chi connectivity index (χ4n) is 4.39. The summed E-state index contributed by atoms with van der Waals surface area (Å²) in [5.74, 6) is 1.22. The zero-order chi connectivity index (χ0) is 21.8. The number of piperidine rings is 1. The molecule has 1 aliphatic carbocycles. The molecule has 0 spiro atoms. The van der Waals surface area contributed by atoms with Crippen LogP contribution in [0.15, 0.2) is 18.5 Å². The molecule has 1 saturated heterocycles. The molecule has 2 fully saturated rings. The van der Waals surface area contributed by atoms with Gasteiger partial charge in [0, 0.05) is 31.1 Å². The third-order valence-electron chi connectivity index (χ3n) is 6.44. The molecule has 0 radical (unpaired) electrons. The zero-order valence-electron chi connectivity index (χ0n) is 18.1. The Morgan fingerprint density at radius 2 is 1.81 bits per heavy atom. The minimum atomic E-state index is -0.111. The molecular formula is C22H30N6O3. The minimum Gasteiger partial charge on any atom is -0.481 e. The molecule has 1 aliphatic heterocycles. The molecule has 1 saturated carbocycles. The van der Waals surface area contributed by atoms with Gasteiger partial charge in [-0.1, -0.05) is 6.92 Å². The predicted octanol–water partition coefficient (Wildman–Crippen LogP) is 2.42. The van der Waals surface area contributed by atoms with E-state index in [2.05, 4.69) is 32.4 Å². The molecule has 2 aliphatic rings. The summed E-state index contributed by atoms with van der Waals surface area (Å²) in [6.07, 6.45) is 7.29. The molecule has 166 valence electrons. The van der Waals surface area contributed by atoms with Crippen LogP contribution in [0.1, 0.15) is 55.9 Å². The van der Waals surface area contributed by atoms with Crippen molar-refractivity contribution in [2.75, 3.05) is 20.2 Å². The van der Waals surface area contributed by atoms with E-state index in [9.17, 15) is 9.59 Å². The third-order valence-corrected chi connectivity index (χ3v) is 6.44. The highest BCUT2D eigenvalue weighted by molar-refractivity contribution is 5.93. The molecule has 0 atom stereocenters. The van der Waals surface area contributed by atoms with Crippen molar-refractivity contribution < 1.29 is 14.3 Å². The lowest BCUT2D eigenvalue weighted by Crippen LogP contribution is -2.46. The van der Waals surface area contributed by atoms with Crippen molar-refractivity contribution in [1.82, 2.24) is 30.4 Å². The van der Waals surface area contributed by atoms with E-state index < -0.39 is 0 Å². The van der Waals surface area contributed by atoms with Crippen LogP contribution >= 0.6 is 0 Å². The van der Waals surface area contributed by atoms with E-state index in [1.807, 2.05) is 0 Å². The Morgan fingerprint density at radius 1 is 1.06 bits per heavy atom. The van der Waals surface area contributed by atoms with Crippen molar-refractivity contribution in [3.63, 3.8) is 0 Å². The largest absolute Gasteiger partial charge is 0.481 e. The Morgan fingerprint density at radius 3 is 2.52 bits per heavy atom. The summed E-state index contributed by atoms with van der Waals surface area (Å²) in [6.45, 7) is 3.40. The van der Waals surface area contributed by atoms with Crippen LogP contribution in [-0.2, 0) is 4.79 Å². The lowest BCUT2D eigenvalue weighted by Gasteiger charge is -2.33. The van der Waals surface area contributed by atoms with E-state index in [0.29, 0.717) is 54.9 Å². The highest BCUT2D eigenvalue weighted by Gasteiger charge is 2.30. The number of rotatable bonds is 5. The number of likely N-dealkylation sites (tertiary alicyclic amines) is 1. The van der Waals surface area contributed by atoms with Gasteiger partial charge in [-0.25, -0.2) is 9.97 Å². The second kappa shape index (κ2) is 9.45. The Balaban J connectivity index is 1.30. The van der Waals surface area contributed by atoms with Gasteiger partial charge >= 0.3 is 0 Å². The summed E-state index contributed by atoms with van der Waals surface area (Å²) in [6, 6.07) is 3.67. The topological polar surface area (TPSA) is 113 Å². The molecule has 2 N–H and O–H groups in total. The molecule has 2 aromatic rings. The summed E-state index contributed by atoms with van der Waals surface area (Å²) >= 11 is 0. The number of aromatic amines is 1. The maximum Gasteiger partial charge on any atom is 0.271 e. The summed E-state index contributed by atoms with van der Waals surface area (Å²) in [5.41, 5.74) is 1.54. The number of aromatic nitrogens is 4. The van der Waals surface area contributed by atoms with Crippen molar-refractivity contribution in [1.29, 1.82) is 0 Å². The van der Waals surface area contributed by atoms with Crippen LogP contribution < -0.4 is 10.1 Å². The van der Waals surface area contributed by atoms with Crippen molar-refractivity contribution in [3.8, 4) is 17.3 Å². The van der Waals surface area contributed by atoms with Crippen LogP contribution in [-0.4, -0.2) is 63.1 Å². The van der Waals surface area contributed by atoms with Crippen LogP contribution in [0.4, 0.5) is 0 Å². The average Bonchev–Trinajstić information content (AvgIpc) is 3.30. The lowest BCUT2D eigenvalue weighted by molar-refractivity contribution is -0.127. The first-order chi connectivity index (χ1) is 15.0. The van der Waals surface area contributed by atoms with E-state index >= 15 is 0 Å². The standard InChI is InChI=1S/C22H30N6O3/c1-14-3-5-16(6-4-14)25-21(29)15-7-9-28(10-8-15)22(30)19-11-18(26-27-19)17-12-20(31-2)24-13-23-17/h11-16H,3-10H2,1-2H3,(H,25,29)(H,26,27). The molecule has 0 bridgehead atoms. The van der Waals surface area contributed by atoms with Gasteiger partial charge in [0.2, 0.25) is 11.8 Å². The SMILES string of the molecule is COc1cc(-c2cc(C(=O)N3CCC(C(=O)NC4CCC(C)CC4)CC3)[nH]n2)ncn1. The summed E-state index contributed by atoms with van der Waals surface area (Å²) in [7, 11) is 1.53. The number of methoxy groups -OCH3 is 1. The number of H-pyrrole nitrogens is 1. The number of nitrogens with zero attached hydrogens (tertiary/aromatic N) is 4. The number of carbonyl (C=O) groups is 2. The lowest BCUT2D eigenvalue weighted by atomic mass is 9.86. The van der Waals surface area contributed by atoms with E-state index in [1.54, 1.807) is 17.0 Å². The number of carbonyl (C=O) groups excluding carboxylic acids is 2. The normalized spacial score (nSPS) is 22.2. The van der Waals surface area contributed by atoms with Crippen molar-refractivity contribution >= 4 is 11.8 Å². The van der Waals surface area contributed by atoms with Crippen molar-refractivity contribution in [2.24, 2.45) is 11.8 Å². The smallest absolute Gasteiger partial charge is 0.271 e. The molecule has 2 amide bonds. The molecule has 2 aromatic heterocycles. The van der Waals surface area contributed by atoms with Gasteiger partial charge in [-0.3, -0.25) is 14.7 Å². The summed E-state index contributed by atoms with van der Waals surface area (Å²) in [5, 5.41) is 10.3. The van der Waals surface area contributed by atoms with Crippen molar-refractivity contribution in [3.05, 3.63) is 24.2 Å². The van der Waals surface area contributed by atoms with Gasteiger partial charge in [0.05, 0.1) is 12.8 Å². The fraction of sp³-hybridized carbons (Fsp3) is 0.591. The van der Waals surface area contributed by atoms with Crippen LogP contribution in [0.3, 0.4) is 0 Å². The number of nitrogens with one attached hydrogen (secondary N) is 2. The highest BCUT2D eigenvalue weighted by Crippen LogP contribution is 2.25. The van der Waals surface area contributed by atoms with Gasteiger partial charge in [-0.2, -0.15) is 5.10 Å². The molecule has 9 nitrogen and oxygen atoms in total. The first-order valence-corrected chi connectivity index (χ1v) is 11.0. The van der Waals surface area contributed by atoms with Gasteiger partial charge in [0.1, 0.15) is 17.7 Å². The quantitative estimate of drug-likeness (QED) is 0.759. The summed E-state index contributed by atoms with van der Waals surface area (Å²) in [4.78, 5) is 35.5. The van der Waals surface area contributed by atoms with E-state index in [-0.39, 0.29) is 17.7 Å². The Bertz CT molecular complexity index is 913. The molecule has 9 heteroatoms. The first kappa shape index (κ1) is 21.3. The number of ether oxygens (including phenoxy) is 1. The van der Waals surface area contributed by atoms with Crippen LogP contribution in [0.2, 0.25) is 0 Å². The van der Waals surface area contributed by atoms with E-state index in [4.69, 9.17) is 4.74 Å². The second-order valence-corrected chi connectivity index (χ2v) is 8.64. The van der Waals surface area contributed by atoms with Gasteiger partial charge in [-0.05, 0) is 50.5 Å². The van der Waals surface area contributed by atoms with Gasteiger partial charge in [0.15, 0.2) is 0 Å². The van der Waals surface area contributed by atoms with Crippen molar-refractivity contribution in [2.45, 2.75) is 51.5 Å². The fourth-order valence-corrected chi connectivity index (χ4v) is 4.39. The highest BCUT2D eigenvalue weighted by atomic mass is 16.5. The monoisotopic (exact) mass is 426 g/mol. The first-order valence-electron chi connectivity index (χ1n) is 11.0. The Kier molecular flexibility index (Phi) is 6.48. The van der Waals surface area contributed by atoms with Gasteiger partial charge in [-0.15, -0.1) is 0 Å². The number of hydrogen-bond acceptors (Lipinski definition) is 6. The second-order valence-electron chi connectivity index (χ2n) is 8.64. The maximum absolute atomic E-state index is 12.9. The molecule has 0 aromatic carbocycles. The molecule has 4 rings (SSSR count).